The van der Waals surface area contributed by atoms with Crippen LogP contribution >= 0.6 is 0 Å². The number of carbonyl (C=O) groups is 2. The van der Waals surface area contributed by atoms with E-state index in [0.29, 0.717) is 22.3 Å². The Bertz CT molecular complexity index is 884. The van der Waals surface area contributed by atoms with Crippen LogP contribution in [0, 0.1) is 5.82 Å². The third-order valence-corrected chi connectivity index (χ3v) is 3.20. The quantitative estimate of drug-likeness (QED) is 0.773. The molecule has 6 heteroatoms. The summed E-state index contributed by atoms with van der Waals surface area (Å²) in [5, 5.41) is 5.86. The number of hydrogen-bond donors (Lipinski definition) is 2. The standard InChI is InChI=1S/C17H13FN2O3/c1-10(21)19-15-13-4-2-3-5-14(13)23-16(15)17(22)20-12-8-6-11(18)7-9-12/h2-9H,1H3,(H,19,21)(H,20,22). The second-order valence-corrected chi connectivity index (χ2v) is 4.94. The Morgan fingerprint density at radius 1 is 1.00 bits per heavy atom. The minimum atomic E-state index is -0.531. The van der Waals surface area contributed by atoms with Crippen LogP contribution in [-0.2, 0) is 4.79 Å². The smallest absolute Gasteiger partial charge is 0.293 e. The maximum absolute atomic E-state index is 12.9. The molecule has 116 valence electrons. The fourth-order valence-electron chi connectivity index (χ4n) is 2.23. The zero-order valence-corrected chi connectivity index (χ0v) is 12.2. The van der Waals surface area contributed by atoms with Gasteiger partial charge in [-0.2, -0.15) is 0 Å². The van der Waals surface area contributed by atoms with Gasteiger partial charge in [-0.05, 0) is 36.4 Å². The Balaban J connectivity index is 1.98. The van der Waals surface area contributed by atoms with Crippen LogP contribution in [0.5, 0.6) is 0 Å². The number of carbonyl (C=O) groups excluding carboxylic acids is 2. The van der Waals surface area contributed by atoms with Crippen LogP contribution in [0.25, 0.3) is 11.0 Å². The summed E-state index contributed by atoms with van der Waals surface area (Å²) in [7, 11) is 0. The number of hydrogen-bond acceptors (Lipinski definition) is 3. The van der Waals surface area contributed by atoms with Crippen molar-refractivity contribution in [2.24, 2.45) is 0 Å². The van der Waals surface area contributed by atoms with Gasteiger partial charge in [0.25, 0.3) is 5.91 Å². The van der Waals surface area contributed by atoms with Gasteiger partial charge in [0.2, 0.25) is 11.7 Å². The molecule has 23 heavy (non-hydrogen) atoms. The average molecular weight is 312 g/mol. The minimum absolute atomic E-state index is 0.00859. The number of anilines is 2. The number of rotatable bonds is 3. The van der Waals surface area contributed by atoms with Crippen molar-refractivity contribution in [3.8, 4) is 0 Å². The lowest BCUT2D eigenvalue weighted by Crippen LogP contribution is -2.15. The number of amides is 2. The first-order chi connectivity index (χ1) is 11.0. The van der Waals surface area contributed by atoms with Gasteiger partial charge in [0.15, 0.2) is 0 Å². The first kappa shape index (κ1) is 14.8. The zero-order chi connectivity index (χ0) is 16.4. The molecular weight excluding hydrogens is 299 g/mol. The molecule has 0 fully saturated rings. The summed E-state index contributed by atoms with van der Waals surface area (Å²) in [6.45, 7) is 1.35. The second kappa shape index (κ2) is 5.92. The predicted molar refractivity (Wildman–Crippen MR) is 84.9 cm³/mol. The van der Waals surface area contributed by atoms with Crippen LogP contribution < -0.4 is 10.6 Å². The van der Waals surface area contributed by atoms with Gasteiger partial charge in [0.1, 0.15) is 17.1 Å². The van der Waals surface area contributed by atoms with Crippen molar-refractivity contribution in [1.82, 2.24) is 0 Å². The highest BCUT2D eigenvalue weighted by Gasteiger charge is 2.21. The van der Waals surface area contributed by atoms with E-state index in [4.69, 9.17) is 4.42 Å². The normalized spacial score (nSPS) is 10.5. The number of benzene rings is 2. The van der Waals surface area contributed by atoms with Crippen molar-refractivity contribution in [2.45, 2.75) is 6.92 Å². The molecule has 3 rings (SSSR count). The van der Waals surface area contributed by atoms with E-state index < -0.39 is 11.7 Å². The molecule has 1 aromatic heterocycles. The molecule has 0 spiro atoms. The van der Waals surface area contributed by atoms with Crippen LogP contribution in [0.1, 0.15) is 17.5 Å². The number of para-hydroxylation sites is 1. The fraction of sp³-hybridized carbons (Fsp3) is 0.0588. The molecule has 0 saturated heterocycles. The van der Waals surface area contributed by atoms with Crippen molar-refractivity contribution < 1.29 is 18.4 Å². The second-order valence-electron chi connectivity index (χ2n) is 4.94. The minimum Gasteiger partial charge on any atom is -0.449 e. The molecule has 0 saturated carbocycles. The SMILES string of the molecule is CC(=O)Nc1c(C(=O)Nc2ccc(F)cc2)oc2ccccc12. The highest BCUT2D eigenvalue weighted by molar-refractivity contribution is 6.14. The van der Waals surface area contributed by atoms with Gasteiger partial charge < -0.3 is 15.1 Å². The number of fused-ring (bicyclic) bond motifs is 1. The molecule has 0 bridgehead atoms. The third-order valence-electron chi connectivity index (χ3n) is 3.20. The number of furan rings is 1. The van der Waals surface area contributed by atoms with Crippen molar-refractivity contribution in [1.29, 1.82) is 0 Å². The lowest BCUT2D eigenvalue weighted by atomic mass is 10.2. The molecule has 0 atom stereocenters. The van der Waals surface area contributed by atoms with E-state index in [1.807, 2.05) is 0 Å². The molecule has 0 aliphatic rings. The molecule has 0 radical (unpaired) electrons. The number of nitrogens with one attached hydrogen (secondary N) is 2. The maximum Gasteiger partial charge on any atom is 0.293 e. The van der Waals surface area contributed by atoms with Crippen LogP contribution in [0.2, 0.25) is 0 Å². The predicted octanol–water partition coefficient (Wildman–Crippen LogP) is 3.78. The molecule has 0 aliphatic carbocycles. The van der Waals surface area contributed by atoms with E-state index in [1.54, 1.807) is 24.3 Å². The zero-order valence-electron chi connectivity index (χ0n) is 12.2. The van der Waals surface area contributed by atoms with Crippen LogP contribution in [-0.4, -0.2) is 11.8 Å². The Labute approximate surface area is 131 Å². The van der Waals surface area contributed by atoms with Gasteiger partial charge in [-0.1, -0.05) is 12.1 Å². The van der Waals surface area contributed by atoms with Gasteiger partial charge in [-0.3, -0.25) is 9.59 Å². The lowest BCUT2D eigenvalue weighted by Gasteiger charge is -2.05. The summed E-state index contributed by atoms with van der Waals surface area (Å²) in [6.07, 6.45) is 0. The molecule has 0 aliphatic heterocycles. The van der Waals surface area contributed by atoms with Gasteiger partial charge in [0.05, 0.1) is 0 Å². The van der Waals surface area contributed by atoms with Crippen molar-refractivity contribution in [3.05, 3.63) is 60.1 Å². The van der Waals surface area contributed by atoms with Gasteiger partial charge in [-0.25, -0.2) is 4.39 Å². The molecular formula is C17H13FN2O3. The lowest BCUT2D eigenvalue weighted by molar-refractivity contribution is -0.114. The third kappa shape index (κ3) is 3.06. The summed E-state index contributed by atoms with van der Waals surface area (Å²) < 4.78 is 18.5. The highest BCUT2D eigenvalue weighted by atomic mass is 19.1. The van der Waals surface area contributed by atoms with Crippen molar-refractivity contribution in [2.75, 3.05) is 10.6 Å². The summed E-state index contributed by atoms with van der Waals surface area (Å²) >= 11 is 0. The molecule has 1 heterocycles. The van der Waals surface area contributed by atoms with Gasteiger partial charge in [-0.15, -0.1) is 0 Å². The van der Waals surface area contributed by atoms with Crippen molar-refractivity contribution >= 4 is 34.2 Å². The van der Waals surface area contributed by atoms with Crippen LogP contribution in [0.4, 0.5) is 15.8 Å². The topological polar surface area (TPSA) is 71.3 Å². The molecule has 2 N–H and O–H groups in total. The van der Waals surface area contributed by atoms with Crippen LogP contribution in [0.3, 0.4) is 0 Å². The Morgan fingerprint density at radius 3 is 2.39 bits per heavy atom. The average Bonchev–Trinajstić information content (AvgIpc) is 2.88. The summed E-state index contributed by atoms with van der Waals surface area (Å²) in [5.41, 5.74) is 1.22. The van der Waals surface area contributed by atoms with E-state index >= 15 is 0 Å². The molecule has 2 amide bonds. The largest absolute Gasteiger partial charge is 0.449 e. The molecule has 2 aromatic carbocycles. The summed E-state index contributed by atoms with van der Waals surface area (Å²) in [6, 6.07) is 12.4. The summed E-state index contributed by atoms with van der Waals surface area (Å²) in [4.78, 5) is 23.8. The molecule has 0 unspecified atom stereocenters. The first-order valence-electron chi connectivity index (χ1n) is 6.90. The summed E-state index contributed by atoms with van der Waals surface area (Å²) in [5.74, 6) is -1.25. The van der Waals surface area contributed by atoms with E-state index in [1.165, 1.54) is 31.2 Å². The molecule has 5 nitrogen and oxygen atoms in total. The van der Waals surface area contributed by atoms with Crippen molar-refractivity contribution in [3.63, 3.8) is 0 Å². The molecule has 3 aromatic rings. The highest BCUT2D eigenvalue weighted by Crippen LogP contribution is 2.31. The van der Waals surface area contributed by atoms with E-state index in [9.17, 15) is 14.0 Å². The Hall–Kier alpha value is -3.15. The van der Waals surface area contributed by atoms with Crippen LogP contribution in [0.15, 0.2) is 52.9 Å². The fourth-order valence-corrected chi connectivity index (χ4v) is 2.23. The number of halogens is 1. The van der Waals surface area contributed by atoms with E-state index in [0.717, 1.165) is 0 Å². The Morgan fingerprint density at radius 2 is 1.70 bits per heavy atom. The van der Waals surface area contributed by atoms with Gasteiger partial charge in [0, 0.05) is 18.0 Å². The van der Waals surface area contributed by atoms with E-state index in [-0.39, 0.29) is 11.7 Å². The first-order valence-corrected chi connectivity index (χ1v) is 6.90. The van der Waals surface area contributed by atoms with E-state index in [2.05, 4.69) is 10.6 Å². The van der Waals surface area contributed by atoms with Gasteiger partial charge >= 0.3 is 0 Å². The Kier molecular flexibility index (Phi) is 3.80. The maximum atomic E-state index is 12.9. The monoisotopic (exact) mass is 312 g/mol.